The highest BCUT2D eigenvalue weighted by atomic mass is 16.6. The van der Waals surface area contributed by atoms with Crippen molar-refractivity contribution < 1.29 is 29.3 Å². The van der Waals surface area contributed by atoms with Crippen LogP contribution in [-0.4, -0.2) is 57.8 Å². The third-order valence-corrected chi connectivity index (χ3v) is 6.13. The summed E-state index contributed by atoms with van der Waals surface area (Å²) in [4.78, 5) is 41.5. The summed E-state index contributed by atoms with van der Waals surface area (Å²) in [6.45, 7) is 8.62. The van der Waals surface area contributed by atoms with Crippen molar-refractivity contribution in [3.63, 3.8) is 0 Å². The number of aromatic hydroxyl groups is 1. The van der Waals surface area contributed by atoms with Crippen LogP contribution in [0.2, 0.25) is 0 Å². The molecule has 9 heteroatoms. The molecule has 0 saturated heterocycles. The number of ether oxygens (including phenoxy) is 1. The number of hydrogen-bond acceptors (Lipinski definition) is 6. The summed E-state index contributed by atoms with van der Waals surface area (Å²) < 4.78 is 5.28. The number of amides is 3. The van der Waals surface area contributed by atoms with Crippen LogP contribution in [0.3, 0.4) is 0 Å². The molecule has 0 aliphatic rings. The molecule has 214 valence electrons. The number of benzene rings is 2. The van der Waals surface area contributed by atoms with E-state index in [-0.39, 0.29) is 12.3 Å². The monoisotopic (exact) mass is 541 g/mol. The minimum atomic E-state index is -1.32. The fourth-order valence-electron chi connectivity index (χ4n) is 4.13. The summed E-state index contributed by atoms with van der Waals surface area (Å²) in [7, 11) is 0. The molecule has 0 spiro atoms. The second kappa shape index (κ2) is 15.1. The first-order valence-electron chi connectivity index (χ1n) is 13.5. The topological polar surface area (TPSA) is 128 Å². The first kappa shape index (κ1) is 31.6. The Morgan fingerprint density at radius 1 is 0.974 bits per heavy atom. The molecule has 0 saturated carbocycles. The number of rotatable bonds is 13. The maximum atomic E-state index is 13.9. The van der Waals surface area contributed by atoms with E-state index in [1.165, 1.54) is 17.0 Å². The zero-order chi connectivity index (χ0) is 29.0. The Morgan fingerprint density at radius 3 is 2.21 bits per heavy atom. The summed E-state index contributed by atoms with van der Waals surface area (Å²) >= 11 is 0. The lowest BCUT2D eigenvalue weighted by Crippen LogP contribution is -2.54. The van der Waals surface area contributed by atoms with E-state index >= 15 is 0 Å². The van der Waals surface area contributed by atoms with E-state index in [0.717, 1.165) is 31.2 Å². The van der Waals surface area contributed by atoms with Crippen LogP contribution in [0.5, 0.6) is 5.75 Å². The van der Waals surface area contributed by atoms with Crippen molar-refractivity contribution in [2.45, 2.75) is 84.4 Å². The van der Waals surface area contributed by atoms with Crippen LogP contribution in [0.4, 0.5) is 10.5 Å². The second-order valence-electron chi connectivity index (χ2n) is 10.6. The maximum Gasteiger partial charge on any atom is 0.408 e. The molecule has 2 aromatic carbocycles. The van der Waals surface area contributed by atoms with Crippen molar-refractivity contribution in [1.29, 1.82) is 0 Å². The summed E-state index contributed by atoms with van der Waals surface area (Å²) in [6, 6.07) is 11.0. The van der Waals surface area contributed by atoms with Crippen LogP contribution >= 0.6 is 0 Å². The average Bonchev–Trinajstić information content (AvgIpc) is 2.87. The smallest absolute Gasteiger partial charge is 0.408 e. The number of aliphatic hydroxyl groups excluding tert-OH is 1. The first-order chi connectivity index (χ1) is 18.5. The lowest BCUT2D eigenvalue weighted by Gasteiger charge is -2.34. The minimum absolute atomic E-state index is 0.0223. The molecule has 0 heterocycles. The predicted octanol–water partition coefficient (Wildman–Crippen LogP) is 5.07. The van der Waals surface area contributed by atoms with E-state index < -0.39 is 42.2 Å². The fourth-order valence-corrected chi connectivity index (χ4v) is 4.13. The van der Waals surface area contributed by atoms with Crippen molar-refractivity contribution in [1.82, 2.24) is 10.2 Å². The van der Waals surface area contributed by atoms with Gasteiger partial charge in [0.1, 0.15) is 23.4 Å². The molecule has 0 aliphatic carbocycles. The van der Waals surface area contributed by atoms with E-state index in [0.29, 0.717) is 17.7 Å². The molecule has 4 N–H and O–H groups in total. The summed E-state index contributed by atoms with van der Waals surface area (Å²) in [6.07, 6.45) is 3.73. The Kier molecular flexibility index (Phi) is 12.3. The Morgan fingerprint density at radius 2 is 1.62 bits per heavy atom. The van der Waals surface area contributed by atoms with Gasteiger partial charge in [-0.1, -0.05) is 62.9 Å². The number of para-hydroxylation sites is 1. The van der Waals surface area contributed by atoms with E-state index in [2.05, 4.69) is 17.6 Å². The van der Waals surface area contributed by atoms with Gasteiger partial charge < -0.3 is 30.5 Å². The third kappa shape index (κ3) is 10.2. The van der Waals surface area contributed by atoms with Crippen LogP contribution < -0.4 is 10.6 Å². The van der Waals surface area contributed by atoms with Gasteiger partial charge in [0.05, 0.1) is 6.61 Å². The molecule has 0 radical (unpaired) electrons. The van der Waals surface area contributed by atoms with Crippen LogP contribution in [0.25, 0.3) is 0 Å². The van der Waals surface area contributed by atoms with Crippen LogP contribution in [0.15, 0.2) is 48.5 Å². The lowest BCUT2D eigenvalue weighted by atomic mass is 10.0. The molecule has 2 unspecified atom stereocenters. The van der Waals surface area contributed by atoms with E-state index in [1.807, 2.05) is 19.1 Å². The number of anilines is 1. The number of unbranched alkanes of at least 4 members (excludes halogenated alkanes) is 4. The molecule has 0 aromatic heterocycles. The Hall–Kier alpha value is -3.59. The highest BCUT2D eigenvalue weighted by Gasteiger charge is 2.36. The molecule has 39 heavy (non-hydrogen) atoms. The number of aliphatic hydroxyl groups is 1. The standard InChI is InChI=1S/C30H43N3O6/c1-6-7-8-9-12-19-33(28(37)25(20-34)32-29(38)39-30(3,4)5)26(22-15-17-23(35)18-16-22)27(36)31-24-14-11-10-13-21(24)2/h10-11,13-18,25-26,34-35H,6-9,12,19-20H2,1-5H3,(H,31,36)(H,32,38). The number of hydrogen-bond donors (Lipinski definition) is 4. The Balaban J connectivity index is 2.45. The quantitative estimate of drug-likeness (QED) is 0.262. The van der Waals surface area contributed by atoms with Gasteiger partial charge in [0, 0.05) is 12.2 Å². The van der Waals surface area contributed by atoms with Crippen LogP contribution in [-0.2, 0) is 14.3 Å². The number of alkyl carbamates (subject to hydrolysis) is 1. The number of nitrogens with zero attached hydrogens (tertiary/aromatic N) is 1. The molecule has 2 aromatic rings. The number of phenolic OH excluding ortho intramolecular Hbond substituents is 1. The summed E-state index contributed by atoms with van der Waals surface area (Å²) in [5, 5.41) is 25.3. The number of carbonyl (C=O) groups is 3. The summed E-state index contributed by atoms with van der Waals surface area (Å²) in [5.74, 6) is -1.04. The fraction of sp³-hybridized carbons (Fsp3) is 0.500. The zero-order valence-electron chi connectivity index (χ0n) is 23.7. The van der Waals surface area contributed by atoms with Crippen molar-refractivity contribution in [3.8, 4) is 5.75 Å². The largest absolute Gasteiger partial charge is 0.508 e. The van der Waals surface area contributed by atoms with Gasteiger partial charge >= 0.3 is 6.09 Å². The molecule has 2 atom stereocenters. The molecular weight excluding hydrogens is 498 g/mol. The first-order valence-corrected chi connectivity index (χ1v) is 13.5. The van der Waals surface area contributed by atoms with Crippen molar-refractivity contribution in [2.75, 3.05) is 18.5 Å². The lowest BCUT2D eigenvalue weighted by molar-refractivity contribution is -0.141. The van der Waals surface area contributed by atoms with Crippen molar-refractivity contribution in [3.05, 3.63) is 59.7 Å². The second-order valence-corrected chi connectivity index (χ2v) is 10.6. The van der Waals surface area contributed by atoms with Gasteiger partial charge in [-0.25, -0.2) is 4.79 Å². The van der Waals surface area contributed by atoms with Crippen LogP contribution in [0, 0.1) is 6.92 Å². The number of nitrogens with one attached hydrogen (secondary N) is 2. The predicted molar refractivity (Wildman–Crippen MR) is 151 cm³/mol. The number of phenols is 1. The van der Waals surface area contributed by atoms with E-state index in [4.69, 9.17) is 4.74 Å². The van der Waals surface area contributed by atoms with Crippen molar-refractivity contribution in [2.24, 2.45) is 0 Å². The van der Waals surface area contributed by atoms with Crippen molar-refractivity contribution >= 4 is 23.6 Å². The molecule has 2 rings (SSSR count). The normalized spacial score (nSPS) is 12.8. The zero-order valence-corrected chi connectivity index (χ0v) is 23.7. The number of carbonyl (C=O) groups excluding carboxylic acids is 3. The molecule has 9 nitrogen and oxygen atoms in total. The average molecular weight is 542 g/mol. The highest BCUT2D eigenvalue weighted by Crippen LogP contribution is 2.27. The Labute approximate surface area is 231 Å². The third-order valence-electron chi connectivity index (χ3n) is 6.13. The minimum Gasteiger partial charge on any atom is -0.508 e. The molecule has 0 fully saturated rings. The summed E-state index contributed by atoms with van der Waals surface area (Å²) in [5.41, 5.74) is 1.14. The maximum absolute atomic E-state index is 13.9. The van der Waals surface area contributed by atoms with Gasteiger partial charge in [0.25, 0.3) is 5.91 Å². The molecule has 0 aliphatic heterocycles. The van der Waals surface area contributed by atoms with E-state index in [1.54, 1.807) is 45.0 Å². The van der Waals surface area contributed by atoms with Gasteiger partial charge in [0.15, 0.2) is 0 Å². The SMILES string of the molecule is CCCCCCCN(C(=O)C(CO)NC(=O)OC(C)(C)C)C(C(=O)Nc1ccccc1C)c1ccc(O)cc1. The van der Waals surface area contributed by atoms with E-state index in [9.17, 15) is 24.6 Å². The molecule has 3 amide bonds. The molecule has 0 bridgehead atoms. The number of aryl methyl sites for hydroxylation is 1. The van der Waals surface area contributed by atoms with Crippen LogP contribution in [0.1, 0.15) is 77.0 Å². The van der Waals surface area contributed by atoms with Gasteiger partial charge in [-0.2, -0.15) is 0 Å². The highest BCUT2D eigenvalue weighted by molar-refractivity contribution is 5.99. The van der Waals surface area contributed by atoms with Gasteiger partial charge in [-0.3, -0.25) is 9.59 Å². The Bertz CT molecular complexity index is 1080. The van der Waals surface area contributed by atoms with Gasteiger partial charge in [-0.15, -0.1) is 0 Å². The molecular formula is C30H43N3O6. The van der Waals surface area contributed by atoms with Gasteiger partial charge in [0.2, 0.25) is 5.91 Å². The van der Waals surface area contributed by atoms with Gasteiger partial charge in [-0.05, 0) is 63.4 Å².